The van der Waals surface area contributed by atoms with Crippen LogP contribution in [0.15, 0.2) is 12.1 Å². The summed E-state index contributed by atoms with van der Waals surface area (Å²) in [6.45, 7) is 2.11. The second-order valence-corrected chi connectivity index (χ2v) is 4.90. The Morgan fingerprint density at radius 1 is 1.53 bits per heavy atom. The van der Waals surface area contributed by atoms with Crippen molar-refractivity contribution < 1.29 is 5.11 Å². The summed E-state index contributed by atoms with van der Waals surface area (Å²) >= 11 is 5.90. The fraction of sp³-hybridized carbons (Fsp3) is 0.583. The van der Waals surface area contributed by atoms with Gasteiger partial charge in [-0.3, -0.25) is 0 Å². The summed E-state index contributed by atoms with van der Waals surface area (Å²) < 4.78 is 0. The predicted molar refractivity (Wildman–Crippen MR) is 70.3 cm³/mol. The van der Waals surface area contributed by atoms with Gasteiger partial charge in [-0.15, -0.1) is 0 Å². The fourth-order valence-corrected chi connectivity index (χ4v) is 2.51. The molecule has 1 aliphatic heterocycles. The van der Waals surface area contributed by atoms with Gasteiger partial charge >= 0.3 is 0 Å². The van der Waals surface area contributed by atoms with Crippen LogP contribution in [-0.4, -0.2) is 29.8 Å². The first-order valence-electron chi connectivity index (χ1n) is 5.98. The van der Waals surface area contributed by atoms with E-state index in [1.165, 1.54) is 0 Å². The van der Waals surface area contributed by atoms with Crippen molar-refractivity contribution >= 4 is 23.1 Å². The molecule has 0 amide bonds. The van der Waals surface area contributed by atoms with Crippen molar-refractivity contribution in [3.05, 3.63) is 17.3 Å². The topological polar surface area (TPSA) is 62.4 Å². The van der Waals surface area contributed by atoms with Crippen molar-refractivity contribution in [2.45, 2.75) is 19.3 Å². The highest BCUT2D eigenvalue weighted by atomic mass is 35.5. The number of hydrogen-bond donors (Lipinski definition) is 2. The van der Waals surface area contributed by atoms with Gasteiger partial charge in [-0.1, -0.05) is 11.6 Å². The van der Waals surface area contributed by atoms with Gasteiger partial charge in [0.05, 0.1) is 5.69 Å². The molecule has 0 saturated carbocycles. The summed E-state index contributed by atoms with van der Waals surface area (Å²) in [5.74, 6) is 1.30. The number of piperidine rings is 1. The zero-order valence-corrected chi connectivity index (χ0v) is 10.5. The zero-order chi connectivity index (χ0) is 12.3. The molecule has 94 valence electrons. The molecule has 1 aromatic heterocycles. The molecule has 1 aromatic rings. The number of aliphatic hydroxyl groups excluding tert-OH is 1. The number of halogens is 1. The number of hydrogen-bond acceptors (Lipinski definition) is 4. The van der Waals surface area contributed by atoms with E-state index in [4.69, 9.17) is 22.4 Å². The van der Waals surface area contributed by atoms with Gasteiger partial charge in [0.1, 0.15) is 5.15 Å². The molecule has 2 heterocycles. The molecule has 1 aliphatic rings. The average Bonchev–Trinajstić information content (AvgIpc) is 2.33. The minimum absolute atomic E-state index is 0.247. The van der Waals surface area contributed by atoms with E-state index < -0.39 is 0 Å². The molecular formula is C12H18ClN3O. The smallest absolute Gasteiger partial charge is 0.153 e. The Kier molecular flexibility index (Phi) is 4.07. The monoisotopic (exact) mass is 255 g/mol. The first-order chi connectivity index (χ1) is 8.20. The lowest BCUT2D eigenvalue weighted by molar-refractivity contribution is 0.244. The van der Waals surface area contributed by atoms with Crippen LogP contribution < -0.4 is 10.6 Å². The Balaban J connectivity index is 2.13. The third kappa shape index (κ3) is 3.01. The summed E-state index contributed by atoms with van der Waals surface area (Å²) in [6.07, 6.45) is 3.12. The molecular weight excluding hydrogens is 238 g/mol. The Bertz CT molecular complexity index is 384. The lowest BCUT2D eigenvalue weighted by Crippen LogP contribution is -2.36. The quantitative estimate of drug-likeness (QED) is 0.810. The molecule has 1 fully saturated rings. The first-order valence-corrected chi connectivity index (χ1v) is 6.36. The first kappa shape index (κ1) is 12.5. The average molecular weight is 256 g/mol. The van der Waals surface area contributed by atoms with Crippen LogP contribution in [-0.2, 0) is 0 Å². The number of anilines is 2. The number of aliphatic hydroxyl groups is 1. The Labute approximate surface area is 106 Å². The van der Waals surface area contributed by atoms with E-state index in [2.05, 4.69) is 9.88 Å². The molecule has 1 saturated heterocycles. The minimum atomic E-state index is 0.247. The second kappa shape index (κ2) is 5.56. The summed E-state index contributed by atoms with van der Waals surface area (Å²) in [7, 11) is 0. The summed E-state index contributed by atoms with van der Waals surface area (Å²) in [4.78, 5) is 6.47. The molecule has 2 rings (SSSR count). The molecule has 0 spiro atoms. The van der Waals surface area contributed by atoms with Gasteiger partial charge in [0.15, 0.2) is 5.82 Å². The number of aromatic nitrogens is 1. The number of pyridine rings is 1. The molecule has 3 N–H and O–H groups in total. The number of nitrogens with zero attached hydrogens (tertiary/aromatic N) is 2. The fourth-order valence-electron chi connectivity index (χ4n) is 2.36. The summed E-state index contributed by atoms with van der Waals surface area (Å²) in [5, 5.41) is 9.46. The van der Waals surface area contributed by atoms with Gasteiger partial charge in [-0.2, -0.15) is 0 Å². The number of rotatable bonds is 3. The van der Waals surface area contributed by atoms with Crippen LogP contribution in [0, 0.1) is 5.92 Å². The van der Waals surface area contributed by atoms with Gasteiger partial charge in [0.25, 0.3) is 0 Å². The second-order valence-electron chi connectivity index (χ2n) is 4.51. The number of nitrogens with two attached hydrogens (primary N) is 1. The van der Waals surface area contributed by atoms with Gasteiger partial charge in [0.2, 0.25) is 0 Å². The van der Waals surface area contributed by atoms with Crippen LogP contribution in [0.1, 0.15) is 19.3 Å². The molecule has 0 radical (unpaired) electrons. The van der Waals surface area contributed by atoms with Crippen molar-refractivity contribution in [1.82, 2.24) is 4.98 Å². The molecule has 0 bridgehead atoms. The van der Waals surface area contributed by atoms with Gasteiger partial charge < -0.3 is 15.7 Å². The highest BCUT2D eigenvalue weighted by Crippen LogP contribution is 2.28. The van der Waals surface area contributed by atoms with Crippen molar-refractivity contribution in [2.24, 2.45) is 5.92 Å². The summed E-state index contributed by atoms with van der Waals surface area (Å²) in [6, 6.07) is 3.50. The van der Waals surface area contributed by atoms with Crippen LogP contribution in [0.2, 0.25) is 5.15 Å². The maximum absolute atomic E-state index is 8.99. The normalized spacial score (nSPS) is 20.6. The Morgan fingerprint density at radius 2 is 2.35 bits per heavy atom. The van der Waals surface area contributed by atoms with E-state index in [1.807, 2.05) is 0 Å². The Hall–Kier alpha value is -1.00. The van der Waals surface area contributed by atoms with Crippen LogP contribution in [0.3, 0.4) is 0 Å². The molecule has 4 nitrogen and oxygen atoms in total. The third-order valence-electron chi connectivity index (χ3n) is 3.23. The lowest BCUT2D eigenvalue weighted by atomic mass is 9.95. The van der Waals surface area contributed by atoms with Crippen molar-refractivity contribution in [1.29, 1.82) is 0 Å². The maximum Gasteiger partial charge on any atom is 0.153 e. The van der Waals surface area contributed by atoms with Crippen molar-refractivity contribution in [2.75, 3.05) is 30.3 Å². The highest BCUT2D eigenvalue weighted by Gasteiger charge is 2.22. The van der Waals surface area contributed by atoms with Crippen LogP contribution in [0.4, 0.5) is 11.5 Å². The van der Waals surface area contributed by atoms with Crippen molar-refractivity contribution in [3.8, 4) is 0 Å². The predicted octanol–water partition coefficient (Wildman–Crippen LogP) is 1.92. The molecule has 5 heteroatoms. The van der Waals surface area contributed by atoms with Gasteiger partial charge in [0, 0.05) is 19.7 Å². The largest absolute Gasteiger partial charge is 0.396 e. The van der Waals surface area contributed by atoms with E-state index in [0.29, 0.717) is 16.8 Å². The van der Waals surface area contributed by atoms with Crippen molar-refractivity contribution in [3.63, 3.8) is 0 Å². The van der Waals surface area contributed by atoms with E-state index in [0.717, 1.165) is 38.2 Å². The minimum Gasteiger partial charge on any atom is -0.396 e. The number of nitrogen functional groups attached to an aromatic ring is 1. The molecule has 17 heavy (non-hydrogen) atoms. The van der Waals surface area contributed by atoms with E-state index in [-0.39, 0.29) is 6.61 Å². The third-order valence-corrected chi connectivity index (χ3v) is 3.44. The maximum atomic E-state index is 8.99. The van der Waals surface area contributed by atoms with E-state index >= 15 is 0 Å². The highest BCUT2D eigenvalue weighted by molar-refractivity contribution is 6.29. The zero-order valence-electron chi connectivity index (χ0n) is 9.77. The van der Waals surface area contributed by atoms with Crippen LogP contribution >= 0.6 is 11.6 Å². The molecule has 1 atom stereocenters. The van der Waals surface area contributed by atoms with Crippen LogP contribution in [0.25, 0.3) is 0 Å². The van der Waals surface area contributed by atoms with Crippen LogP contribution in [0.5, 0.6) is 0 Å². The lowest BCUT2D eigenvalue weighted by Gasteiger charge is -2.34. The standard InChI is InChI=1S/C12H18ClN3O/c13-11-4-3-10(14)12(15-11)16-6-1-2-9(8-16)5-7-17/h3-4,9,17H,1-2,5-8,14H2. The SMILES string of the molecule is Nc1ccc(Cl)nc1N1CCCC(CCO)C1. The molecule has 1 unspecified atom stereocenters. The van der Waals surface area contributed by atoms with Gasteiger partial charge in [-0.25, -0.2) is 4.98 Å². The van der Waals surface area contributed by atoms with Gasteiger partial charge in [-0.05, 0) is 37.3 Å². The Morgan fingerprint density at radius 3 is 3.12 bits per heavy atom. The van der Waals surface area contributed by atoms with E-state index in [1.54, 1.807) is 12.1 Å². The molecule has 0 aliphatic carbocycles. The molecule has 0 aromatic carbocycles. The summed E-state index contributed by atoms with van der Waals surface area (Å²) in [5.41, 5.74) is 6.59. The van der Waals surface area contributed by atoms with E-state index in [9.17, 15) is 0 Å².